The Morgan fingerprint density at radius 1 is 1.86 bits per heavy atom. The average Bonchev–Trinajstić information content (AvgIpc) is 1.91. The van der Waals surface area contributed by atoms with Crippen LogP contribution in [0.15, 0.2) is 11.9 Å². The molecule has 0 bridgehead atoms. The molecule has 0 amide bonds. The van der Waals surface area contributed by atoms with Crippen molar-refractivity contribution in [2.24, 2.45) is 0 Å². The molecule has 7 heavy (non-hydrogen) atoms. The fourth-order valence-corrected chi connectivity index (χ4v) is 1.50. The molecular formula is C4H7O2P. The summed E-state index contributed by atoms with van der Waals surface area (Å²) in [6.45, 7) is 0. The topological polar surface area (TPSA) is 37.3 Å². The molecule has 1 N–H and O–H groups in total. The van der Waals surface area contributed by atoms with Crippen molar-refractivity contribution in [2.45, 2.75) is 12.3 Å². The third kappa shape index (κ3) is 0.929. The first-order valence-electron chi connectivity index (χ1n) is 2.19. The zero-order valence-corrected chi connectivity index (χ0v) is 4.79. The Bertz CT molecular complexity index is 119. The highest BCUT2D eigenvalue weighted by Crippen LogP contribution is 2.35. The van der Waals surface area contributed by atoms with Crippen molar-refractivity contribution in [3.63, 3.8) is 0 Å². The van der Waals surface area contributed by atoms with Crippen LogP contribution in [-0.2, 0) is 4.57 Å². The van der Waals surface area contributed by atoms with Gasteiger partial charge in [0.2, 0.25) is 0 Å². The van der Waals surface area contributed by atoms with Crippen molar-refractivity contribution in [3.05, 3.63) is 11.9 Å². The Morgan fingerprint density at radius 3 is 2.71 bits per heavy atom. The lowest BCUT2D eigenvalue weighted by Gasteiger charge is -1.93. The second-order valence-electron chi connectivity index (χ2n) is 1.56. The quantitative estimate of drug-likeness (QED) is 0.477. The van der Waals surface area contributed by atoms with E-state index < -0.39 is 13.6 Å². The zero-order chi connectivity index (χ0) is 5.28. The van der Waals surface area contributed by atoms with Crippen LogP contribution in [0, 0.1) is 0 Å². The van der Waals surface area contributed by atoms with Gasteiger partial charge >= 0.3 is 0 Å². The minimum Gasteiger partial charge on any atom is -0.385 e. The van der Waals surface area contributed by atoms with Crippen LogP contribution in [0.25, 0.3) is 0 Å². The molecule has 0 radical (unpaired) electrons. The zero-order valence-electron chi connectivity index (χ0n) is 3.79. The second kappa shape index (κ2) is 1.81. The van der Waals surface area contributed by atoms with Gasteiger partial charge in [-0.3, -0.25) is 0 Å². The lowest BCUT2D eigenvalue weighted by molar-refractivity contribution is 0.260. The number of aliphatic hydroxyl groups excluding tert-OH is 1. The molecule has 1 rings (SSSR count). The normalized spacial score (nSPS) is 39.6. The fraction of sp³-hybridized carbons (Fsp3) is 0.500. The van der Waals surface area contributed by atoms with Gasteiger partial charge in [0, 0.05) is 0 Å². The fourth-order valence-electron chi connectivity index (χ4n) is 0.540. The molecule has 2 atom stereocenters. The van der Waals surface area contributed by atoms with Crippen molar-refractivity contribution in [1.29, 1.82) is 0 Å². The molecule has 0 aromatic carbocycles. The first-order valence-corrected chi connectivity index (χ1v) is 3.75. The van der Waals surface area contributed by atoms with Crippen LogP contribution in [0.2, 0.25) is 0 Å². The summed E-state index contributed by atoms with van der Waals surface area (Å²) < 4.78 is 10.4. The van der Waals surface area contributed by atoms with Crippen LogP contribution in [0.1, 0.15) is 6.42 Å². The summed E-state index contributed by atoms with van der Waals surface area (Å²) in [4.78, 5) is 0. The van der Waals surface area contributed by atoms with Crippen molar-refractivity contribution in [1.82, 2.24) is 0 Å². The molecule has 0 saturated heterocycles. The molecule has 1 heterocycles. The maximum Gasteiger partial charge on any atom is 0.124 e. The number of rotatable bonds is 0. The highest BCUT2D eigenvalue weighted by molar-refractivity contribution is 7.49. The van der Waals surface area contributed by atoms with Gasteiger partial charge in [0.25, 0.3) is 0 Å². The molecule has 40 valence electrons. The van der Waals surface area contributed by atoms with E-state index in [0.29, 0.717) is 6.42 Å². The molecular weight excluding hydrogens is 111 g/mol. The number of hydrogen-bond donors (Lipinski definition) is 1. The minimum atomic E-state index is -1.71. The minimum absolute atomic E-state index is 0.551. The molecule has 1 aliphatic heterocycles. The van der Waals surface area contributed by atoms with Crippen LogP contribution in [-0.4, -0.2) is 11.0 Å². The lowest BCUT2D eigenvalue weighted by atomic mass is 10.5. The second-order valence-corrected chi connectivity index (χ2v) is 3.36. The monoisotopic (exact) mass is 118 g/mol. The van der Waals surface area contributed by atoms with E-state index in [1.807, 2.05) is 0 Å². The van der Waals surface area contributed by atoms with Crippen LogP contribution in [0.4, 0.5) is 0 Å². The smallest absolute Gasteiger partial charge is 0.124 e. The predicted octanol–water partition coefficient (Wildman–Crippen LogP) is 0.782. The molecule has 2 nitrogen and oxygen atoms in total. The largest absolute Gasteiger partial charge is 0.385 e. The van der Waals surface area contributed by atoms with E-state index in [4.69, 9.17) is 5.11 Å². The Labute approximate surface area is 42.6 Å². The molecule has 0 fully saturated rings. The highest BCUT2D eigenvalue weighted by atomic mass is 31.1. The SMILES string of the molecule is O=[PH]1C=CC[C@H]1O. The lowest BCUT2D eigenvalue weighted by Crippen LogP contribution is -1.90. The van der Waals surface area contributed by atoms with E-state index in [-0.39, 0.29) is 0 Å². The Hall–Kier alpha value is -0.0700. The summed E-state index contributed by atoms with van der Waals surface area (Å²) in [5.41, 5.74) is 0. The van der Waals surface area contributed by atoms with Crippen molar-refractivity contribution in [2.75, 3.05) is 0 Å². The van der Waals surface area contributed by atoms with Gasteiger partial charge in [0.1, 0.15) is 13.6 Å². The van der Waals surface area contributed by atoms with E-state index in [0.717, 1.165) is 0 Å². The van der Waals surface area contributed by atoms with Gasteiger partial charge in [-0.05, 0) is 12.2 Å². The van der Waals surface area contributed by atoms with Gasteiger partial charge in [-0.2, -0.15) is 0 Å². The van der Waals surface area contributed by atoms with E-state index in [1.54, 1.807) is 11.9 Å². The third-order valence-corrected chi connectivity index (χ3v) is 2.43. The summed E-state index contributed by atoms with van der Waals surface area (Å²) in [5, 5.41) is 8.67. The molecule has 1 aliphatic rings. The van der Waals surface area contributed by atoms with Gasteiger partial charge in [-0.25, -0.2) is 0 Å². The molecule has 0 spiro atoms. The molecule has 0 aliphatic carbocycles. The maximum absolute atomic E-state index is 10.4. The maximum atomic E-state index is 10.4. The van der Waals surface area contributed by atoms with E-state index >= 15 is 0 Å². The van der Waals surface area contributed by atoms with Crippen LogP contribution in [0.3, 0.4) is 0 Å². The molecule has 0 aromatic rings. The highest BCUT2D eigenvalue weighted by Gasteiger charge is 2.12. The standard InChI is InChI=1S/C4H7O2P/c5-4-2-1-3-7(4)6/h1,3-5,7H,2H2/t4-/m0/s1. The van der Waals surface area contributed by atoms with Gasteiger partial charge in [0.05, 0.1) is 0 Å². The van der Waals surface area contributed by atoms with Crippen molar-refractivity contribution < 1.29 is 9.67 Å². The summed E-state index contributed by atoms with van der Waals surface area (Å²) in [5.74, 6) is 1.04. The molecule has 0 aromatic heterocycles. The van der Waals surface area contributed by atoms with Gasteiger partial charge in [-0.1, -0.05) is 6.08 Å². The number of hydrogen-bond acceptors (Lipinski definition) is 2. The third-order valence-electron chi connectivity index (χ3n) is 0.970. The molecule has 0 saturated carbocycles. The summed E-state index contributed by atoms with van der Waals surface area (Å²) >= 11 is 0. The van der Waals surface area contributed by atoms with Crippen LogP contribution >= 0.6 is 7.80 Å². The Morgan fingerprint density at radius 2 is 2.57 bits per heavy atom. The van der Waals surface area contributed by atoms with Gasteiger partial charge in [0.15, 0.2) is 0 Å². The van der Waals surface area contributed by atoms with Gasteiger partial charge in [-0.15, -0.1) is 0 Å². The summed E-state index contributed by atoms with van der Waals surface area (Å²) in [6.07, 6.45) is 2.34. The average molecular weight is 118 g/mol. The first-order chi connectivity index (χ1) is 3.30. The summed E-state index contributed by atoms with van der Waals surface area (Å²) in [6, 6.07) is 0. The predicted molar refractivity (Wildman–Crippen MR) is 28.8 cm³/mol. The van der Waals surface area contributed by atoms with E-state index in [1.165, 1.54) is 0 Å². The molecule has 3 heteroatoms. The van der Waals surface area contributed by atoms with Crippen LogP contribution in [0.5, 0.6) is 0 Å². The first kappa shape index (κ1) is 5.07. The van der Waals surface area contributed by atoms with E-state index in [9.17, 15) is 4.57 Å². The van der Waals surface area contributed by atoms with Crippen molar-refractivity contribution >= 4 is 7.80 Å². The molecule has 1 unspecified atom stereocenters. The Balaban J connectivity index is 2.62. The van der Waals surface area contributed by atoms with E-state index in [2.05, 4.69) is 0 Å². The van der Waals surface area contributed by atoms with Crippen LogP contribution < -0.4 is 0 Å². The van der Waals surface area contributed by atoms with Gasteiger partial charge < -0.3 is 9.67 Å². The van der Waals surface area contributed by atoms with Crippen molar-refractivity contribution in [3.8, 4) is 0 Å². The number of aliphatic hydroxyl groups is 1. The summed E-state index contributed by atoms with van der Waals surface area (Å²) in [7, 11) is -1.71. The Kier molecular flexibility index (Phi) is 1.31.